The van der Waals surface area contributed by atoms with E-state index in [9.17, 15) is 0 Å². The molecular formula is C10H15ClN2O. The summed E-state index contributed by atoms with van der Waals surface area (Å²) < 4.78 is 5.10. The quantitative estimate of drug-likeness (QED) is 0.837. The predicted molar refractivity (Wildman–Crippen MR) is 58.8 cm³/mol. The Morgan fingerprint density at radius 3 is 2.86 bits per heavy atom. The van der Waals surface area contributed by atoms with Crippen molar-refractivity contribution in [3.8, 4) is 0 Å². The number of hydrogen-bond donors (Lipinski definition) is 1. The van der Waals surface area contributed by atoms with Gasteiger partial charge in [-0.1, -0.05) is 11.6 Å². The molecule has 0 amide bonds. The lowest BCUT2D eigenvalue weighted by Crippen LogP contribution is -2.35. The summed E-state index contributed by atoms with van der Waals surface area (Å²) in [6.07, 6.45) is 3.32. The molecule has 1 N–H and O–H groups in total. The minimum atomic E-state index is -0.139. The number of hydrogen-bond acceptors (Lipinski definition) is 3. The number of ether oxygens (including phenoxy) is 1. The number of halogens is 1. The van der Waals surface area contributed by atoms with Gasteiger partial charge in [-0.3, -0.25) is 4.98 Å². The van der Waals surface area contributed by atoms with E-state index in [1.54, 1.807) is 19.5 Å². The fraction of sp³-hybridized carbons (Fsp3) is 0.500. The molecule has 1 aromatic rings. The standard InChI is InChI=1S/C10H15ClN2O/c1-10(2,7-14-3)13-9-4-5-12-6-8(9)11/h4-6H,7H2,1-3H3,(H,12,13). The number of rotatable bonds is 4. The Morgan fingerprint density at radius 1 is 1.57 bits per heavy atom. The molecule has 0 aliphatic carbocycles. The topological polar surface area (TPSA) is 34.1 Å². The van der Waals surface area contributed by atoms with E-state index < -0.39 is 0 Å². The summed E-state index contributed by atoms with van der Waals surface area (Å²) in [6.45, 7) is 4.71. The number of pyridine rings is 1. The molecular weight excluding hydrogens is 200 g/mol. The molecule has 0 bridgehead atoms. The summed E-state index contributed by atoms with van der Waals surface area (Å²) >= 11 is 5.96. The second-order valence-corrected chi connectivity index (χ2v) is 4.20. The van der Waals surface area contributed by atoms with Gasteiger partial charge in [-0.25, -0.2) is 0 Å². The van der Waals surface area contributed by atoms with Gasteiger partial charge in [-0.2, -0.15) is 0 Å². The average molecular weight is 215 g/mol. The zero-order valence-electron chi connectivity index (χ0n) is 8.67. The number of aromatic nitrogens is 1. The molecule has 3 nitrogen and oxygen atoms in total. The van der Waals surface area contributed by atoms with Crippen LogP contribution in [0.1, 0.15) is 13.8 Å². The van der Waals surface area contributed by atoms with E-state index in [-0.39, 0.29) is 5.54 Å². The molecule has 0 aliphatic rings. The largest absolute Gasteiger partial charge is 0.382 e. The van der Waals surface area contributed by atoms with E-state index >= 15 is 0 Å². The van der Waals surface area contributed by atoms with Gasteiger partial charge in [0.25, 0.3) is 0 Å². The van der Waals surface area contributed by atoms with E-state index in [1.165, 1.54) is 0 Å². The Hall–Kier alpha value is -0.800. The van der Waals surface area contributed by atoms with E-state index in [1.807, 2.05) is 19.9 Å². The van der Waals surface area contributed by atoms with Gasteiger partial charge < -0.3 is 10.1 Å². The van der Waals surface area contributed by atoms with Gasteiger partial charge in [-0.15, -0.1) is 0 Å². The molecule has 78 valence electrons. The predicted octanol–water partition coefficient (Wildman–Crippen LogP) is 2.57. The second kappa shape index (κ2) is 4.62. The van der Waals surface area contributed by atoms with Gasteiger partial charge in [0.2, 0.25) is 0 Å². The van der Waals surface area contributed by atoms with Crippen LogP contribution < -0.4 is 5.32 Å². The van der Waals surface area contributed by atoms with Crippen molar-refractivity contribution in [2.24, 2.45) is 0 Å². The molecule has 0 unspecified atom stereocenters. The Kier molecular flexibility index (Phi) is 3.72. The molecule has 0 radical (unpaired) electrons. The molecule has 0 atom stereocenters. The molecule has 1 aromatic heterocycles. The normalized spacial score (nSPS) is 11.4. The summed E-state index contributed by atoms with van der Waals surface area (Å²) in [5.74, 6) is 0. The highest BCUT2D eigenvalue weighted by molar-refractivity contribution is 6.33. The highest BCUT2D eigenvalue weighted by Crippen LogP contribution is 2.23. The third-order valence-corrected chi connectivity index (χ3v) is 2.05. The van der Waals surface area contributed by atoms with E-state index in [4.69, 9.17) is 16.3 Å². The van der Waals surface area contributed by atoms with Crippen molar-refractivity contribution in [1.82, 2.24) is 4.98 Å². The van der Waals surface area contributed by atoms with Crippen molar-refractivity contribution in [2.45, 2.75) is 19.4 Å². The van der Waals surface area contributed by atoms with Crippen LogP contribution in [0.5, 0.6) is 0 Å². The van der Waals surface area contributed by atoms with Crippen LogP contribution in [0.15, 0.2) is 18.5 Å². The maximum atomic E-state index is 5.96. The SMILES string of the molecule is COCC(C)(C)Nc1ccncc1Cl. The van der Waals surface area contributed by atoms with Gasteiger partial charge in [-0.05, 0) is 19.9 Å². The summed E-state index contributed by atoms with van der Waals surface area (Å²) in [5, 5.41) is 3.91. The van der Waals surface area contributed by atoms with Gasteiger partial charge in [0.15, 0.2) is 0 Å². The van der Waals surface area contributed by atoms with Gasteiger partial charge in [0, 0.05) is 19.5 Å². The molecule has 1 rings (SSSR count). The fourth-order valence-corrected chi connectivity index (χ4v) is 1.40. The maximum Gasteiger partial charge on any atom is 0.0820 e. The Morgan fingerprint density at radius 2 is 2.29 bits per heavy atom. The molecule has 0 aliphatic heterocycles. The number of anilines is 1. The van der Waals surface area contributed by atoms with Gasteiger partial charge >= 0.3 is 0 Å². The summed E-state index contributed by atoms with van der Waals surface area (Å²) in [4.78, 5) is 3.92. The first-order chi connectivity index (χ1) is 6.55. The Balaban J connectivity index is 2.73. The highest BCUT2D eigenvalue weighted by Gasteiger charge is 2.17. The minimum absolute atomic E-state index is 0.139. The maximum absolute atomic E-state index is 5.96. The first kappa shape index (κ1) is 11.3. The Labute approximate surface area is 89.4 Å². The van der Waals surface area contributed by atoms with Crippen molar-refractivity contribution >= 4 is 17.3 Å². The van der Waals surface area contributed by atoms with Crippen LogP contribution in [0.4, 0.5) is 5.69 Å². The summed E-state index contributed by atoms with van der Waals surface area (Å²) in [6, 6.07) is 1.85. The van der Waals surface area contributed by atoms with Crippen molar-refractivity contribution in [2.75, 3.05) is 19.0 Å². The van der Waals surface area contributed by atoms with Gasteiger partial charge in [0.05, 0.1) is 22.9 Å². The lowest BCUT2D eigenvalue weighted by molar-refractivity contribution is 0.158. The van der Waals surface area contributed by atoms with Crippen molar-refractivity contribution in [1.29, 1.82) is 0 Å². The molecule has 4 heteroatoms. The molecule has 14 heavy (non-hydrogen) atoms. The fourth-order valence-electron chi connectivity index (χ4n) is 1.24. The van der Waals surface area contributed by atoms with Crippen molar-refractivity contribution in [3.05, 3.63) is 23.5 Å². The van der Waals surface area contributed by atoms with Crippen LogP contribution in [0.3, 0.4) is 0 Å². The molecule has 0 saturated heterocycles. The van der Waals surface area contributed by atoms with Crippen LogP contribution in [0, 0.1) is 0 Å². The second-order valence-electron chi connectivity index (χ2n) is 3.80. The van der Waals surface area contributed by atoms with Crippen LogP contribution in [-0.2, 0) is 4.74 Å². The van der Waals surface area contributed by atoms with E-state index in [2.05, 4.69) is 10.3 Å². The third kappa shape index (κ3) is 3.16. The zero-order valence-corrected chi connectivity index (χ0v) is 9.43. The summed E-state index contributed by atoms with van der Waals surface area (Å²) in [5.41, 5.74) is 0.739. The lowest BCUT2D eigenvalue weighted by atomic mass is 10.1. The number of nitrogens with one attached hydrogen (secondary N) is 1. The molecule has 0 spiro atoms. The van der Waals surface area contributed by atoms with Gasteiger partial charge in [0.1, 0.15) is 0 Å². The van der Waals surface area contributed by atoms with Crippen LogP contribution in [0.25, 0.3) is 0 Å². The van der Waals surface area contributed by atoms with Crippen molar-refractivity contribution < 1.29 is 4.74 Å². The van der Waals surface area contributed by atoms with Crippen LogP contribution in [0.2, 0.25) is 5.02 Å². The third-order valence-electron chi connectivity index (χ3n) is 1.75. The van der Waals surface area contributed by atoms with Crippen LogP contribution in [-0.4, -0.2) is 24.2 Å². The van der Waals surface area contributed by atoms with Crippen molar-refractivity contribution in [3.63, 3.8) is 0 Å². The number of nitrogens with zero attached hydrogens (tertiary/aromatic N) is 1. The first-order valence-corrected chi connectivity index (χ1v) is 4.79. The van der Waals surface area contributed by atoms with E-state index in [0.29, 0.717) is 11.6 Å². The Bertz CT molecular complexity index is 302. The molecule has 0 fully saturated rings. The molecule has 0 aromatic carbocycles. The smallest absolute Gasteiger partial charge is 0.0820 e. The highest BCUT2D eigenvalue weighted by atomic mass is 35.5. The molecule has 0 saturated carbocycles. The monoisotopic (exact) mass is 214 g/mol. The first-order valence-electron chi connectivity index (χ1n) is 4.42. The average Bonchev–Trinajstić information content (AvgIpc) is 2.08. The summed E-state index contributed by atoms with van der Waals surface area (Å²) in [7, 11) is 1.68. The molecule has 1 heterocycles. The minimum Gasteiger partial charge on any atom is -0.382 e. The number of methoxy groups -OCH3 is 1. The lowest BCUT2D eigenvalue weighted by Gasteiger charge is -2.26. The van der Waals surface area contributed by atoms with E-state index in [0.717, 1.165) is 5.69 Å². The zero-order chi connectivity index (χ0) is 10.6. The van der Waals surface area contributed by atoms with Crippen LogP contribution >= 0.6 is 11.6 Å².